The zero-order chi connectivity index (χ0) is 12.4. The van der Waals surface area contributed by atoms with Crippen LogP contribution in [-0.4, -0.2) is 33.6 Å². The molecule has 0 fully saturated rings. The third kappa shape index (κ3) is 2.58. The number of rotatable bonds is 4. The van der Waals surface area contributed by atoms with E-state index in [1.54, 1.807) is 0 Å². The van der Waals surface area contributed by atoms with Crippen LogP contribution < -0.4 is 4.87 Å². The Kier molecular flexibility index (Phi) is 3.63. The molecule has 0 unspecified atom stereocenters. The lowest BCUT2D eigenvalue weighted by atomic mass is 10.1. The van der Waals surface area contributed by atoms with Crippen molar-refractivity contribution < 1.29 is 9.90 Å². The first kappa shape index (κ1) is 12.3. The van der Waals surface area contributed by atoms with Crippen LogP contribution in [0.5, 0.6) is 0 Å². The van der Waals surface area contributed by atoms with Gasteiger partial charge in [0.2, 0.25) is 0 Å². The molecule has 5 nitrogen and oxygen atoms in total. The van der Waals surface area contributed by atoms with Crippen molar-refractivity contribution in [3.8, 4) is 0 Å². The zero-order valence-electron chi connectivity index (χ0n) is 9.81. The normalized spacial score (nSPS) is 15.8. The number of aliphatic carboxylic acids is 1. The number of fused-ring (bicyclic) bond motifs is 1. The molecule has 1 aliphatic heterocycles. The first-order valence-electron chi connectivity index (χ1n) is 5.77. The van der Waals surface area contributed by atoms with Gasteiger partial charge in [-0.15, -0.1) is 0 Å². The van der Waals surface area contributed by atoms with Crippen LogP contribution in [0.25, 0.3) is 0 Å². The summed E-state index contributed by atoms with van der Waals surface area (Å²) >= 11 is 1.19. The molecule has 2 rings (SSSR count). The van der Waals surface area contributed by atoms with Gasteiger partial charge < -0.3 is 5.11 Å². The van der Waals surface area contributed by atoms with E-state index in [-0.39, 0.29) is 11.4 Å². The maximum absolute atomic E-state index is 11.7. The van der Waals surface area contributed by atoms with Crippen LogP contribution in [-0.2, 0) is 24.3 Å². The molecule has 0 spiro atoms. The van der Waals surface area contributed by atoms with Gasteiger partial charge in [0.25, 0.3) is 0 Å². The van der Waals surface area contributed by atoms with Crippen molar-refractivity contribution in [1.82, 2.24) is 9.47 Å². The lowest BCUT2D eigenvalue weighted by molar-refractivity contribution is -0.137. The largest absolute Gasteiger partial charge is 0.480 e. The minimum atomic E-state index is -0.955. The van der Waals surface area contributed by atoms with Crippen LogP contribution in [0.1, 0.15) is 23.9 Å². The Hall–Kier alpha value is -1.14. The molecule has 0 aliphatic carbocycles. The number of carbonyl (C=O) groups is 1. The van der Waals surface area contributed by atoms with Crippen molar-refractivity contribution in [1.29, 1.82) is 0 Å². The summed E-state index contributed by atoms with van der Waals surface area (Å²) in [6.07, 6.45) is 1.88. The molecule has 1 N–H and O–H groups in total. The van der Waals surface area contributed by atoms with E-state index in [1.165, 1.54) is 15.9 Å². The van der Waals surface area contributed by atoms with Gasteiger partial charge in [0, 0.05) is 30.1 Å². The molecule has 17 heavy (non-hydrogen) atoms. The monoisotopic (exact) mass is 256 g/mol. The highest BCUT2D eigenvalue weighted by Gasteiger charge is 2.22. The standard InChI is InChI=1S/C11H16N2O3S/c1-2-4-12-5-3-8-9(6-12)17-11(16)13(8)7-10(14)15/h2-7H2,1H3,(H,14,15). The van der Waals surface area contributed by atoms with Crippen LogP contribution in [0.15, 0.2) is 4.79 Å². The van der Waals surface area contributed by atoms with Crippen molar-refractivity contribution in [2.75, 3.05) is 13.1 Å². The van der Waals surface area contributed by atoms with Crippen molar-refractivity contribution >= 4 is 17.3 Å². The maximum Gasteiger partial charge on any atom is 0.323 e. The number of carboxylic acid groups (broad SMARTS) is 1. The summed E-state index contributed by atoms with van der Waals surface area (Å²) in [6, 6.07) is 0. The molecule has 0 atom stereocenters. The van der Waals surface area contributed by atoms with Gasteiger partial charge in [-0.2, -0.15) is 0 Å². The minimum Gasteiger partial charge on any atom is -0.480 e. The number of nitrogens with zero attached hydrogens (tertiary/aromatic N) is 2. The Morgan fingerprint density at radius 1 is 1.53 bits per heavy atom. The van der Waals surface area contributed by atoms with Gasteiger partial charge in [-0.25, -0.2) is 0 Å². The van der Waals surface area contributed by atoms with E-state index in [9.17, 15) is 9.59 Å². The maximum atomic E-state index is 11.7. The summed E-state index contributed by atoms with van der Waals surface area (Å²) in [5.41, 5.74) is 0.926. The van der Waals surface area contributed by atoms with Gasteiger partial charge in [-0.3, -0.25) is 19.1 Å². The second-order valence-corrected chi connectivity index (χ2v) is 5.29. The molecule has 1 aliphatic rings. The molecule has 1 aromatic rings. The van der Waals surface area contributed by atoms with E-state index < -0.39 is 5.97 Å². The molecule has 0 bridgehead atoms. The lowest BCUT2D eigenvalue weighted by Crippen LogP contribution is -2.32. The second kappa shape index (κ2) is 5.01. The van der Waals surface area contributed by atoms with E-state index in [1.807, 2.05) is 0 Å². The van der Waals surface area contributed by atoms with Gasteiger partial charge in [-0.1, -0.05) is 18.3 Å². The Balaban J connectivity index is 2.24. The van der Waals surface area contributed by atoms with Crippen molar-refractivity contribution in [3.05, 3.63) is 20.2 Å². The predicted molar refractivity (Wildman–Crippen MR) is 65.5 cm³/mol. The van der Waals surface area contributed by atoms with Gasteiger partial charge in [0.05, 0.1) is 0 Å². The first-order chi connectivity index (χ1) is 8.11. The molecule has 0 aromatic carbocycles. The summed E-state index contributed by atoms with van der Waals surface area (Å²) in [6.45, 7) is 4.66. The van der Waals surface area contributed by atoms with Gasteiger partial charge >= 0.3 is 10.8 Å². The molecular formula is C11H16N2O3S. The summed E-state index contributed by atoms with van der Waals surface area (Å²) in [4.78, 5) is 25.6. The fraction of sp³-hybridized carbons (Fsp3) is 0.636. The Morgan fingerprint density at radius 3 is 2.94 bits per heavy atom. The van der Waals surface area contributed by atoms with E-state index in [0.29, 0.717) is 0 Å². The number of hydrogen-bond donors (Lipinski definition) is 1. The number of hydrogen-bond acceptors (Lipinski definition) is 4. The summed E-state index contributed by atoms with van der Waals surface area (Å²) in [5, 5.41) is 8.78. The van der Waals surface area contributed by atoms with Crippen LogP contribution in [0.2, 0.25) is 0 Å². The van der Waals surface area contributed by atoms with Crippen LogP contribution >= 0.6 is 11.3 Å². The average Bonchev–Trinajstić information content (AvgIpc) is 2.55. The molecule has 0 saturated carbocycles. The van der Waals surface area contributed by atoms with Gasteiger partial charge in [-0.05, 0) is 13.0 Å². The smallest absolute Gasteiger partial charge is 0.323 e. The van der Waals surface area contributed by atoms with Crippen LogP contribution in [0, 0.1) is 0 Å². The molecule has 1 aromatic heterocycles. The molecule has 94 valence electrons. The molecule has 2 heterocycles. The molecule has 0 amide bonds. The second-order valence-electron chi connectivity index (χ2n) is 4.24. The van der Waals surface area contributed by atoms with Crippen molar-refractivity contribution in [2.24, 2.45) is 0 Å². The van der Waals surface area contributed by atoms with E-state index in [2.05, 4.69) is 11.8 Å². The lowest BCUT2D eigenvalue weighted by Gasteiger charge is -2.26. The predicted octanol–water partition coefficient (Wildman–Crippen LogP) is 0.762. The molecule has 6 heteroatoms. The highest BCUT2D eigenvalue weighted by Crippen LogP contribution is 2.21. The first-order valence-corrected chi connectivity index (χ1v) is 6.59. The fourth-order valence-corrected chi connectivity index (χ4v) is 3.30. The molecule has 0 saturated heterocycles. The third-order valence-corrected chi connectivity index (χ3v) is 3.95. The molecular weight excluding hydrogens is 240 g/mol. The average molecular weight is 256 g/mol. The third-order valence-electron chi connectivity index (χ3n) is 2.94. The van der Waals surface area contributed by atoms with Gasteiger partial charge in [0.15, 0.2) is 0 Å². The summed E-state index contributed by atoms with van der Waals surface area (Å²) in [7, 11) is 0. The quantitative estimate of drug-likeness (QED) is 0.864. The topological polar surface area (TPSA) is 62.5 Å². The number of carboxylic acids is 1. The molecule has 0 radical (unpaired) electrons. The Labute approximate surface area is 103 Å². The minimum absolute atomic E-state index is 0.143. The van der Waals surface area contributed by atoms with E-state index >= 15 is 0 Å². The van der Waals surface area contributed by atoms with E-state index in [4.69, 9.17) is 5.11 Å². The van der Waals surface area contributed by atoms with Crippen LogP contribution in [0.3, 0.4) is 0 Å². The summed E-state index contributed by atoms with van der Waals surface area (Å²) in [5.74, 6) is -0.955. The SMILES string of the molecule is CCCN1CCc2c(sc(=O)n2CC(=O)O)C1. The number of thiazole rings is 1. The Morgan fingerprint density at radius 2 is 2.29 bits per heavy atom. The van der Waals surface area contributed by atoms with Gasteiger partial charge in [0.1, 0.15) is 6.54 Å². The fourth-order valence-electron chi connectivity index (χ4n) is 2.23. The van der Waals surface area contributed by atoms with E-state index in [0.717, 1.165) is 43.0 Å². The highest BCUT2D eigenvalue weighted by atomic mass is 32.1. The highest BCUT2D eigenvalue weighted by molar-refractivity contribution is 7.09. The van der Waals surface area contributed by atoms with Crippen molar-refractivity contribution in [2.45, 2.75) is 32.9 Å². The zero-order valence-corrected chi connectivity index (χ0v) is 10.6. The Bertz CT molecular complexity index is 478. The number of aromatic nitrogens is 1. The summed E-state index contributed by atoms with van der Waals surface area (Å²) < 4.78 is 1.41. The van der Waals surface area contributed by atoms with Crippen molar-refractivity contribution in [3.63, 3.8) is 0 Å². The van der Waals surface area contributed by atoms with Crippen LogP contribution in [0.4, 0.5) is 0 Å².